The van der Waals surface area contributed by atoms with Crippen LogP contribution in [0, 0.1) is 0 Å². The summed E-state index contributed by atoms with van der Waals surface area (Å²) < 4.78 is 28.5. The monoisotopic (exact) mass is 824 g/mol. The predicted octanol–water partition coefficient (Wildman–Crippen LogP) is 0.865. The van der Waals surface area contributed by atoms with E-state index < -0.39 is 84.0 Å². The van der Waals surface area contributed by atoms with Crippen molar-refractivity contribution >= 4 is 47.3 Å². The Bertz CT molecular complexity index is 1660. The Morgan fingerprint density at radius 3 is 2.42 bits per heavy atom. The summed E-state index contributed by atoms with van der Waals surface area (Å²) in [5.41, 5.74) is 3.84. The van der Waals surface area contributed by atoms with E-state index in [1.165, 1.54) is 28.1 Å². The lowest BCUT2D eigenvalue weighted by molar-refractivity contribution is -0.203. The van der Waals surface area contributed by atoms with Crippen LogP contribution in [0.5, 0.6) is 5.75 Å². The first-order chi connectivity index (χ1) is 26.7. The number of carbonyl (C=O) groups excluding carboxylic acids is 6. The largest absolute Gasteiger partial charge is 0.495 e. The molecule has 0 spiro atoms. The molecule has 1 aromatic rings. The molecule has 0 aromatic heterocycles. The van der Waals surface area contributed by atoms with Gasteiger partial charge in [0.15, 0.2) is 5.72 Å². The number of alkyl carbamates (subject to hydrolysis) is 1. The van der Waals surface area contributed by atoms with Crippen molar-refractivity contribution < 1.29 is 57.6 Å². The van der Waals surface area contributed by atoms with Crippen LogP contribution < -0.4 is 31.7 Å². The SMILES string of the molecule is CNC(=O)CC(OC(=O)C(C)N(C)C(=O)CNC(=O)CNC(=O)CN)C(C)(C)O[C@@H](C)C1CC(O)(C(/C=C/C=C(\C)Cc2ccc(Cl)c(OC)c2)OC)NC(=O)O1. The quantitative estimate of drug-likeness (QED) is 0.0746. The van der Waals surface area contributed by atoms with Crippen LogP contribution in [0.2, 0.25) is 5.02 Å². The molecule has 1 aliphatic heterocycles. The fraction of sp³-hybridized carbons (Fsp3) is 0.579. The molecule has 5 unspecified atom stereocenters. The molecule has 1 saturated heterocycles. The number of methoxy groups -OCH3 is 2. The smallest absolute Gasteiger partial charge is 0.409 e. The molecule has 1 heterocycles. The molecule has 18 nitrogen and oxygen atoms in total. The van der Waals surface area contributed by atoms with Gasteiger partial charge >= 0.3 is 12.1 Å². The molecule has 57 heavy (non-hydrogen) atoms. The number of hydrogen-bond donors (Lipinski definition) is 6. The Balaban J connectivity index is 2.15. The minimum Gasteiger partial charge on any atom is -0.495 e. The first-order valence-corrected chi connectivity index (χ1v) is 18.6. The van der Waals surface area contributed by atoms with Gasteiger partial charge in [-0.05, 0) is 58.7 Å². The van der Waals surface area contributed by atoms with E-state index >= 15 is 0 Å². The van der Waals surface area contributed by atoms with E-state index in [1.54, 1.807) is 46.1 Å². The highest BCUT2D eigenvalue weighted by Gasteiger charge is 2.48. The van der Waals surface area contributed by atoms with E-state index in [4.69, 9.17) is 41.0 Å². The fourth-order valence-electron chi connectivity index (χ4n) is 5.70. The minimum atomic E-state index is -1.92. The molecule has 6 atom stereocenters. The Labute approximate surface area is 338 Å². The van der Waals surface area contributed by atoms with Crippen LogP contribution in [0.4, 0.5) is 4.79 Å². The zero-order valence-electron chi connectivity index (χ0n) is 33.9. The van der Waals surface area contributed by atoms with Crippen molar-refractivity contribution in [3.05, 3.63) is 52.6 Å². The van der Waals surface area contributed by atoms with Gasteiger partial charge in [0.1, 0.15) is 35.7 Å². The summed E-state index contributed by atoms with van der Waals surface area (Å²) in [6.45, 7) is 6.92. The number of carbonyl (C=O) groups is 6. The van der Waals surface area contributed by atoms with Crippen LogP contribution >= 0.6 is 11.6 Å². The van der Waals surface area contributed by atoms with E-state index in [9.17, 15) is 33.9 Å². The third kappa shape index (κ3) is 14.9. The first-order valence-electron chi connectivity index (χ1n) is 18.2. The van der Waals surface area contributed by atoms with Crippen LogP contribution in [-0.4, -0.2) is 135 Å². The number of nitrogens with one attached hydrogen (secondary N) is 4. The van der Waals surface area contributed by atoms with Gasteiger partial charge in [0.2, 0.25) is 23.6 Å². The van der Waals surface area contributed by atoms with Crippen molar-refractivity contribution in [3.63, 3.8) is 0 Å². The van der Waals surface area contributed by atoms with Crippen molar-refractivity contribution in [2.24, 2.45) is 5.73 Å². The molecule has 1 aromatic carbocycles. The van der Waals surface area contributed by atoms with Gasteiger partial charge in [-0.2, -0.15) is 0 Å². The number of nitrogens with zero attached hydrogens (tertiary/aromatic N) is 1. The summed E-state index contributed by atoms with van der Waals surface area (Å²) >= 11 is 6.14. The molecule has 19 heteroatoms. The summed E-state index contributed by atoms with van der Waals surface area (Å²) in [4.78, 5) is 75.8. The van der Waals surface area contributed by atoms with Gasteiger partial charge in [0, 0.05) is 27.6 Å². The van der Waals surface area contributed by atoms with Crippen molar-refractivity contribution in [3.8, 4) is 5.75 Å². The second-order valence-electron chi connectivity index (χ2n) is 14.1. The lowest BCUT2D eigenvalue weighted by atomic mass is 9.93. The van der Waals surface area contributed by atoms with Crippen molar-refractivity contribution in [2.75, 3.05) is 47.9 Å². The van der Waals surface area contributed by atoms with Gasteiger partial charge in [0.05, 0.1) is 44.3 Å². The third-order valence-corrected chi connectivity index (χ3v) is 9.57. The normalized spacial score (nSPS) is 19.3. The summed E-state index contributed by atoms with van der Waals surface area (Å²) in [5.74, 6) is -2.62. The maximum Gasteiger partial charge on any atom is 0.409 e. The minimum absolute atomic E-state index is 0.175. The summed E-state index contributed by atoms with van der Waals surface area (Å²) in [5, 5.41) is 21.7. The number of esters is 1. The number of benzene rings is 1. The van der Waals surface area contributed by atoms with Gasteiger partial charge in [0.25, 0.3) is 0 Å². The Morgan fingerprint density at radius 1 is 1.14 bits per heavy atom. The zero-order chi connectivity index (χ0) is 43.1. The molecule has 7 N–H and O–H groups in total. The predicted molar refractivity (Wildman–Crippen MR) is 209 cm³/mol. The Morgan fingerprint density at radius 2 is 1.81 bits per heavy atom. The van der Waals surface area contributed by atoms with E-state index in [-0.39, 0.29) is 25.9 Å². The molecule has 318 valence electrons. The molecular formula is C38H57ClN6O12. The highest BCUT2D eigenvalue weighted by Crippen LogP contribution is 2.31. The topological polar surface area (TPSA) is 246 Å². The van der Waals surface area contributed by atoms with E-state index in [1.807, 2.05) is 25.1 Å². The maximum absolute atomic E-state index is 13.4. The number of ether oxygens (including phenoxy) is 5. The first kappa shape index (κ1) is 48.4. The number of amides is 5. The van der Waals surface area contributed by atoms with Gasteiger partial charge in [-0.15, -0.1) is 0 Å². The van der Waals surface area contributed by atoms with Crippen LogP contribution in [0.25, 0.3) is 0 Å². The molecule has 1 aliphatic rings. The van der Waals surface area contributed by atoms with Crippen molar-refractivity contribution in [1.29, 1.82) is 0 Å². The number of likely N-dealkylation sites (N-methyl/N-ethyl adjacent to an activating group) is 1. The second-order valence-corrected chi connectivity index (χ2v) is 14.5. The molecule has 2 rings (SSSR count). The summed E-state index contributed by atoms with van der Waals surface area (Å²) in [6, 6.07) is 4.34. The Hall–Kier alpha value is -4.75. The van der Waals surface area contributed by atoms with E-state index in [2.05, 4.69) is 21.3 Å². The molecule has 0 radical (unpaired) electrons. The van der Waals surface area contributed by atoms with Gasteiger partial charge < -0.3 is 55.4 Å². The fourth-order valence-corrected chi connectivity index (χ4v) is 5.89. The Kier molecular flexibility index (Phi) is 18.9. The molecule has 5 amide bonds. The number of nitrogens with two attached hydrogens (primary N) is 1. The highest BCUT2D eigenvalue weighted by atomic mass is 35.5. The molecule has 1 fully saturated rings. The maximum atomic E-state index is 13.4. The van der Waals surface area contributed by atoms with E-state index in [0.717, 1.165) is 16.0 Å². The van der Waals surface area contributed by atoms with Gasteiger partial charge in [-0.1, -0.05) is 41.5 Å². The summed E-state index contributed by atoms with van der Waals surface area (Å²) in [7, 11) is 5.67. The van der Waals surface area contributed by atoms with Crippen LogP contribution in [0.3, 0.4) is 0 Å². The van der Waals surface area contributed by atoms with Crippen molar-refractivity contribution in [1.82, 2.24) is 26.2 Å². The van der Waals surface area contributed by atoms with Crippen LogP contribution in [-0.2, 0) is 49.3 Å². The number of hydrogen-bond acceptors (Lipinski definition) is 13. The molecule has 0 bridgehead atoms. The lowest BCUT2D eigenvalue weighted by Crippen LogP contribution is -2.64. The summed E-state index contributed by atoms with van der Waals surface area (Å²) in [6.07, 6.45) is 0.160. The number of halogens is 1. The number of rotatable bonds is 21. The molecule has 0 aliphatic carbocycles. The van der Waals surface area contributed by atoms with Gasteiger partial charge in [-0.3, -0.25) is 24.5 Å². The average molecular weight is 825 g/mol. The second kappa shape index (κ2) is 22.3. The number of aliphatic hydroxyl groups is 1. The number of cyclic esters (lactones) is 1. The van der Waals surface area contributed by atoms with E-state index in [0.29, 0.717) is 17.2 Å². The average Bonchev–Trinajstić information content (AvgIpc) is 3.16. The van der Waals surface area contributed by atoms with Crippen molar-refractivity contribution in [2.45, 2.75) is 95.7 Å². The zero-order valence-corrected chi connectivity index (χ0v) is 34.7. The molecular weight excluding hydrogens is 768 g/mol. The third-order valence-electron chi connectivity index (χ3n) is 9.26. The standard InChI is InChI=1S/C38H57ClN6O12/c1-22(15-25-13-14-26(39)27(16-25)53-8)11-10-12-29(54-9)38(52)18-28(55-36(51)44-38)24(3)57-37(4,5)30(17-31(46)41-6)56-35(50)23(2)45(7)34(49)21-43-33(48)20-42-32(47)19-40/h10-14,16,23-24,28-30,52H,15,17-21,40H2,1-9H3,(H,41,46)(H,42,47)(H,43,48)(H,44,51)/b12-10+,22-11+/t23?,24-,28?,29?,30?,38?/m0/s1. The number of allylic oxidation sites excluding steroid dienone is 3. The highest BCUT2D eigenvalue weighted by molar-refractivity contribution is 6.32. The lowest BCUT2D eigenvalue weighted by Gasteiger charge is -2.44. The van der Waals surface area contributed by atoms with Gasteiger partial charge in [-0.25, -0.2) is 9.59 Å². The van der Waals surface area contributed by atoms with Crippen LogP contribution in [0.1, 0.15) is 53.0 Å². The molecule has 0 saturated carbocycles. The van der Waals surface area contributed by atoms with Crippen LogP contribution in [0.15, 0.2) is 42.0 Å².